The molecule has 0 saturated carbocycles. The fraction of sp³-hybridized carbons (Fsp3) is 0.185. The van der Waals surface area contributed by atoms with Crippen LogP contribution in [0, 0.1) is 0 Å². The summed E-state index contributed by atoms with van der Waals surface area (Å²) >= 11 is 6.99. The van der Waals surface area contributed by atoms with Crippen LogP contribution in [-0.4, -0.2) is 55.6 Å². The third-order valence-electron chi connectivity index (χ3n) is 6.28. The molecule has 1 saturated heterocycles. The maximum Gasteiger partial charge on any atom is 0.253 e. The van der Waals surface area contributed by atoms with Crippen molar-refractivity contribution in [1.29, 1.82) is 0 Å². The highest BCUT2D eigenvalue weighted by Crippen LogP contribution is 2.26. The van der Waals surface area contributed by atoms with Gasteiger partial charge in [0.05, 0.1) is 6.54 Å². The molecular formula is C27H24ClN3O4S2. The number of carbonyl (C=O) groups excluding carboxylic acids is 2. The number of fused-ring (bicyclic) bond motifs is 1. The van der Waals surface area contributed by atoms with Gasteiger partial charge in [0.1, 0.15) is 4.21 Å². The van der Waals surface area contributed by atoms with Crippen molar-refractivity contribution in [3.05, 3.63) is 99.9 Å². The zero-order valence-electron chi connectivity index (χ0n) is 19.8. The molecule has 1 aliphatic heterocycles. The molecule has 2 amide bonds. The SMILES string of the molecule is O=C(NCc1ccc(S(=O)(=O)N2CCN(C(=O)c3ccc4ccccc4c3)CC2)s1)c1ccc(Cl)cc1. The summed E-state index contributed by atoms with van der Waals surface area (Å²) < 4.78 is 28.1. The predicted octanol–water partition coefficient (Wildman–Crippen LogP) is 4.63. The summed E-state index contributed by atoms with van der Waals surface area (Å²) in [6.07, 6.45) is 0. The van der Waals surface area contributed by atoms with Gasteiger partial charge in [0, 0.05) is 47.2 Å². The lowest BCUT2D eigenvalue weighted by atomic mass is 10.1. The van der Waals surface area contributed by atoms with E-state index in [2.05, 4.69) is 5.32 Å². The van der Waals surface area contributed by atoms with E-state index in [9.17, 15) is 18.0 Å². The molecule has 1 N–H and O–H groups in total. The van der Waals surface area contributed by atoms with Gasteiger partial charge in [-0.15, -0.1) is 11.3 Å². The molecular weight excluding hydrogens is 530 g/mol. The number of sulfonamides is 1. The lowest BCUT2D eigenvalue weighted by Crippen LogP contribution is -2.50. The monoisotopic (exact) mass is 553 g/mol. The van der Waals surface area contributed by atoms with Gasteiger partial charge in [-0.25, -0.2) is 8.42 Å². The van der Waals surface area contributed by atoms with Crippen LogP contribution in [-0.2, 0) is 16.6 Å². The highest BCUT2D eigenvalue weighted by Gasteiger charge is 2.31. The van der Waals surface area contributed by atoms with Crippen LogP contribution < -0.4 is 5.32 Å². The molecule has 3 aromatic carbocycles. The second-order valence-corrected chi connectivity index (χ2v) is 12.4. The molecule has 0 unspecified atom stereocenters. The number of piperazine rings is 1. The number of rotatable bonds is 6. The highest BCUT2D eigenvalue weighted by atomic mass is 35.5. The van der Waals surface area contributed by atoms with E-state index in [4.69, 9.17) is 11.6 Å². The Morgan fingerprint density at radius 2 is 1.51 bits per heavy atom. The Labute approximate surface area is 224 Å². The van der Waals surface area contributed by atoms with Crippen LogP contribution in [0.2, 0.25) is 5.02 Å². The molecule has 4 aromatic rings. The van der Waals surface area contributed by atoms with Crippen LogP contribution in [0.4, 0.5) is 0 Å². The number of amides is 2. The number of benzene rings is 3. The Morgan fingerprint density at radius 1 is 0.838 bits per heavy atom. The standard InChI is InChI=1S/C27H24ClN3O4S2/c28-23-9-7-20(8-10-23)26(32)29-18-24-11-12-25(36-24)37(34,35)31-15-13-30(14-16-31)27(33)22-6-5-19-3-1-2-4-21(19)17-22/h1-12,17H,13-16,18H2,(H,29,32). The molecule has 2 heterocycles. The summed E-state index contributed by atoms with van der Waals surface area (Å²) in [6, 6.07) is 23.3. The minimum absolute atomic E-state index is 0.0994. The summed E-state index contributed by atoms with van der Waals surface area (Å²) in [7, 11) is -3.69. The number of carbonyl (C=O) groups is 2. The molecule has 1 fully saturated rings. The van der Waals surface area contributed by atoms with Crippen molar-refractivity contribution in [2.45, 2.75) is 10.8 Å². The van der Waals surface area contributed by atoms with Gasteiger partial charge in [-0.1, -0.05) is 41.9 Å². The minimum Gasteiger partial charge on any atom is -0.347 e. The van der Waals surface area contributed by atoms with Crippen LogP contribution in [0.5, 0.6) is 0 Å². The first-order valence-electron chi connectivity index (χ1n) is 11.7. The first-order chi connectivity index (χ1) is 17.8. The van der Waals surface area contributed by atoms with E-state index in [1.807, 2.05) is 42.5 Å². The lowest BCUT2D eigenvalue weighted by Gasteiger charge is -2.33. The fourth-order valence-corrected chi connectivity index (χ4v) is 7.22. The van der Waals surface area contributed by atoms with Crippen molar-refractivity contribution in [2.75, 3.05) is 26.2 Å². The highest BCUT2D eigenvalue weighted by molar-refractivity contribution is 7.91. The number of thiophene rings is 1. The molecule has 1 aliphatic rings. The van der Waals surface area contributed by atoms with Gasteiger partial charge in [0.15, 0.2) is 0 Å². The Morgan fingerprint density at radius 3 is 2.24 bits per heavy atom. The minimum atomic E-state index is -3.69. The molecule has 0 radical (unpaired) electrons. The zero-order chi connectivity index (χ0) is 26.0. The third-order valence-corrected chi connectivity index (χ3v) is 9.99. The Bertz CT molecular complexity index is 1560. The number of hydrogen-bond donors (Lipinski definition) is 1. The first-order valence-corrected chi connectivity index (χ1v) is 14.4. The van der Waals surface area contributed by atoms with E-state index in [1.165, 1.54) is 4.31 Å². The molecule has 7 nitrogen and oxygen atoms in total. The van der Waals surface area contributed by atoms with Crippen LogP contribution in [0.3, 0.4) is 0 Å². The van der Waals surface area contributed by atoms with Gasteiger partial charge >= 0.3 is 0 Å². The second-order valence-electron chi connectivity index (χ2n) is 8.67. The fourth-order valence-electron chi connectivity index (χ4n) is 4.23. The number of halogens is 1. The van der Waals surface area contributed by atoms with Gasteiger partial charge < -0.3 is 10.2 Å². The van der Waals surface area contributed by atoms with Crippen molar-refractivity contribution >= 4 is 55.5 Å². The molecule has 10 heteroatoms. The predicted molar refractivity (Wildman–Crippen MR) is 146 cm³/mol. The van der Waals surface area contributed by atoms with Crippen LogP contribution in [0.15, 0.2) is 83.1 Å². The third kappa shape index (κ3) is 5.55. The lowest BCUT2D eigenvalue weighted by molar-refractivity contribution is 0.0698. The quantitative estimate of drug-likeness (QED) is 0.377. The van der Waals surface area contributed by atoms with Gasteiger partial charge in [0.2, 0.25) is 0 Å². The molecule has 0 aliphatic carbocycles. The van der Waals surface area contributed by atoms with Crippen molar-refractivity contribution in [2.24, 2.45) is 0 Å². The summed E-state index contributed by atoms with van der Waals surface area (Å²) in [4.78, 5) is 27.8. The average Bonchev–Trinajstić information content (AvgIpc) is 3.42. The van der Waals surface area contributed by atoms with Crippen molar-refractivity contribution in [3.63, 3.8) is 0 Å². The van der Waals surface area contributed by atoms with Gasteiger partial charge in [0.25, 0.3) is 21.8 Å². The molecule has 0 bridgehead atoms. The molecule has 5 rings (SSSR count). The Balaban J connectivity index is 1.19. The van der Waals surface area contributed by atoms with E-state index in [0.29, 0.717) is 29.2 Å². The molecule has 0 spiro atoms. The smallest absolute Gasteiger partial charge is 0.253 e. The number of hydrogen-bond acceptors (Lipinski definition) is 5. The Kier molecular flexibility index (Phi) is 7.30. The Hall–Kier alpha value is -3.24. The number of nitrogens with zero attached hydrogens (tertiary/aromatic N) is 2. The average molecular weight is 554 g/mol. The summed E-state index contributed by atoms with van der Waals surface area (Å²) in [5.41, 5.74) is 1.07. The molecule has 37 heavy (non-hydrogen) atoms. The zero-order valence-corrected chi connectivity index (χ0v) is 22.2. The van der Waals surface area contributed by atoms with Gasteiger partial charge in [-0.3, -0.25) is 9.59 Å². The summed E-state index contributed by atoms with van der Waals surface area (Å²) in [5.74, 6) is -0.362. The van der Waals surface area contributed by atoms with E-state index in [1.54, 1.807) is 41.3 Å². The summed E-state index contributed by atoms with van der Waals surface area (Å²) in [5, 5.41) is 5.40. The first kappa shape index (κ1) is 25.4. The topological polar surface area (TPSA) is 86.8 Å². The maximum atomic E-state index is 13.2. The van der Waals surface area contributed by atoms with E-state index >= 15 is 0 Å². The molecule has 0 atom stereocenters. The van der Waals surface area contributed by atoms with Gasteiger partial charge in [-0.05, 0) is 59.3 Å². The number of nitrogens with one attached hydrogen (secondary N) is 1. The molecule has 190 valence electrons. The summed E-state index contributed by atoms with van der Waals surface area (Å²) in [6.45, 7) is 1.31. The van der Waals surface area contributed by atoms with Crippen LogP contribution in [0.1, 0.15) is 25.6 Å². The largest absolute Gasteiger partial charge is 0.347 e. The van der Waals surface area contributed by atoms with Crippen LogP contribution in [0.25, 0.3) is 10.8 Å². The van der Waals surface area contributed by atoms with E-state index < -0.39 is 10.0 Å². The maximum absolute atomic E-state index is 13.2. The van der Waals surface area contributed by atoms with E-state index in [0.717, 1.165) is 27.0 Å². The van der Waals surface area contributed by atoms with Crippen molar-refractivity contribution < 1.29 is 18.0 Å². The molecule has 1 aromatic heterocycles. The van der Waals surface area contributed by atoms with Gasteiger partial charge in [-0.2, -0.15) is 4.31 Å². The van der Waals surface area contributed by atoms with E-state index in [-0.39, 0.29) is 35.7 Å². The second kappa shape index (κ2) is 10.6. The normalized spacial score (nSPS) is 14.6. The van der Waals surface area contributed by atoms with Crippen LogP contribution >= 0.6 is 22.9 Å². The van der Waals surface area contributed by atoms with Crippen molar-refractivity contribution in [1.82, 2.24) is 14.5 Å². The van der Waals surface area contributed by atoms with Crippen molar-refractivity contribution in [3.8, 4) is 0 Å².